The second-order valence-electron chi connectivity index (χ2n) is 8.67. The number of carbonyl (C=O) groups is 1. The molecule has 9 heteroatoms. The van der Waals surface area contributed by atoms with Crippen LogP contribution < -0.4 is 20.3 Å². The number of nitrogens with one attached hydrogen (secondary N) is 2. The largest absolute Gasteiger partial charge is 0.491 e. The van der Waals surface area contributed by atoms with Crippen LogP contribution in [0.25, 0.3) is 0 Å². The molecule has 1 atom stereocenters. The molecule has 4 rings (SSSR count). The van der Waals surface area contributed by atoms with E-state index >= 15 is 0 Å². The number of anilines is 3. The van der Waals surface area contributed by atoms with Crippen LogP contribution in [0.1, 0.15) is 11.3 Å². The van der Waals surface area contributed by atoms with E-state index in [2.05, 4.69) is 15.6 Å². The first-order chi connectivity index (χ1) is 18.1. The van der Waals surface area contributed by atoms with Gasteiger partial charge in [0.2, 0.25) is 5.91 Å². The molecule has 1 heterocycles. The molecule has 0 saturated heterocycles. The van der Waals surface area contributed by atoms with Gasteiger partial charge in [-0.1, -0.05) is 48.5 Å². The van der Waals surface area contributed by atoms with E-state index in [0.717, 1.165) is 46.5 Å². The molecule has 0 aliphatic heterocycles. The highest BCUT2D eigenvalue weighted by Gasteiger charge is 2.12. The van der Waals surface area contributed by atoms with Crippen molar-refractivity contribution in [2.75, 3.05) is 37.0 Å². The first kappa shape index (κ1) is 29.1. The van der Waals surface area contributed by atoms with Crippen LogP contribution in [-0.2, 0) is 17.6 Å². The van der Waals surface area contributed by atoms with Gasteiger partial charge in [0.05, 0.1) is 12.1 Å². The summed E-state index contributed by atoms with van der Waals surface area (Å²) in [5.74, 6) is 0.654. The highest BCUT2D eigenvalue weighted by Crippen LogP contribution is 2.26. The van der Waals surface area contributed by atoms with Gasteiger partial charge in [-0.3, -0.25) is 4.79 Å². The molecule has 7 nitrogen and oxygen atoms in total. The lowest BCUT2D eigenvalue weighted by atomic mass is 10.1. The van der Waals surface area contributed by atoms with Crippen molar-refractivity contribution in [3.63, 3.8) is 0 Å². The predicted octanol–water partition coefficient (Wildman–Crippen LogP) is 5.09. The highest BCUT2D eigenvalue weighted by atomic mass is 35.5. The quantitative estimate of drug-likeness (QED) is 0.200. The number of aromatic nitrogens is 1. The fraction of sp³-hybridized carbons (Fsp3) is 0.241. The first-order valence-corrected chi connectivity index (χ1v) is 13.1. The molecule has 0 radical (unpaired) electrons. The summed E-state index contributed by atoms with van der Waals surface area (Å²) in [6.07, 6.45) is 0.461. The van der Waals surface area contributed by atoms with Gasteiger partial charge in [-0.2, -0.15) is 0 Å². The number of hydrogen-bond acceptors (Lipinski definition) is 7. The number of benzene rings is 3. The van der Waals surface area contributed by atoms with Gasteiger partial charge in [0.15, 0.2) is 5.13 Å². The Balaban J connectivity index is 0.00000400. The topological polar surface area (TPSA) is 86.7 Å². The Labute approximate surface area is 233 Å². The predicted molar refractivity (Wildman–Crippen MR) is 157 cm³/mol. The lowest BCUT2D eigenvalue weighted by Gasteiger charge is -2.15. The van der Waals surface area contributed by atoms with Gasteiger partial charge in [0.1, 0.15) is 18.5 Å². The molecule has 0 fully saturated rings. The van der Waals surface area contributed by atoms with Crippen molar-refractivity contribution in [3.8, 4) is 5.75 Å². The Morgan fingerprint density at radius 1 is 1.03 bits per heavy atom. The summed E-state index contributed by atoms with van der Waals surface area (Å²) >= 11 is 1.52. The van der Waals surface area contributed by atoms with Gasteiger partial charge >= 0.3 is 0 Å². The molecule has 0 spiro atoms. The summed E-state index contributed by atoms with van der Waals surface area (Å²) in [6.45, 7) is 1.44. The molecule has 200 valence electrons. The second-order valence-corrected chi connectivity index (χ2v) is 9.51. The number of nitrogens with zero attached hydrogens (tertiary/aromatic N) is 2. The summed E-state index contributed by atoms with van der Waals surface area (Å²) in [6, 6.07) is 27.3. The molecule has 1 amide bonds. The third-order valence-corrected chi connectivity index (χ3v) is 6.67. The maximum atomic E-state index is 12.5. The number of ether oxygens (including phenoxy) is 1. The number of halogens is 1. The van der Waals surface area contributed by atoms with Crippen LogP contribution in [0, 0.1) is 0 Å². The van der Waals surface area contributed by atoms with E-state index < -0.39 is 6.10 Å². The average Bonchev–Trinajstić information content (AvgIpc) is 3.39. The van der Waals surface area contributed by atoms with Gasteiger partial charge in [0, 0.05) is 30.3 Å². The van der Waals surface area contributed by atoms with Crippen molar-refractivity contribution in [1.29, 1.82) is 0 Å². The normalized spacial score (nSPS) is 11.3. The van der Waals surface area contributed by atoms with Crippen molar-refractivity contribution < 1.29 is 14.6 Å². The molecular weight excluding hydrogens is 520 g/mol. The summed E-state index contributed by atoms with van der Waals surface area (Å²) in [4.78, 5) is 19.2. The van der Waals surface area contributed by atoms with E-state index in [4.69, 9.17) is 4.74 Å². The van der Waals surface area contributed by atoms with E-state index in [-0.39, 0.29) is 31.3 Å². The SMILES string of the molecule is CN(c1ccccc1)c1nc(CC(=O)Nc2ccc(CCNC[C@H](O)COc3ccccc3)cc2)cs1.Cl. The van der Waals surface area contributed by atoms with E-state index in [1.807, 2.05) is 102 Å². The zero-order valence-corrected chi connectivity index (χ0v) is 22.9. The van der Waals surface area contributed by atoms with Crippen molar-refractivity contribution in [2.45, 2.75) is 18.9 Å². The summed E-state index contributed by atoms with van der Waals surface area (Å²) < 4.78 is 5.57. The second kappa shape index (κ2) is 15.1. The van der Waals surface area contributed by atoms with Crippen LogP contribution in [0.15, 0.2) is 90.3 Å². The molecule has 0 aliphatic carbocycles. The molecule has 3 N–H and O–H groups in total. The Kier molecular flexibility index (Phi) is 11.6. The fourth-order valence-electron chi connectivity index (χ4n) is 3.69. The lowest BCUT2D eigenvalue weighted by molar-refractivity contribution is -0.115. The van der Waals surface area contributed by atoms with Gasteiger partial charge in [-0.05, 0) is 54.9 Å². The Hall–Kier alpha value is -3.43. The van der Waals surface area contributed by atoms with Crippen molar-refractivity contribution in [2.24, 2.45) is 0 Å². The maximum absolute atomic E-state index is 12.5. The minimum atomic E-state index is -0.578. The number of hydrogen-bond donors (Lipinski definition) is 3. The van der Waals surface area contributed by atoms with E-state index in [1.165, 1.54) is 11.3 Å². The van der Waals surface area contributed by atoms with Crippen LogP contribution in [0.2, 0.25) is 0 Å². The minimum absolute atomic E-state index is 0. The Bertz CT molecular complexity index is 1240. The van der Waals surface area contributed by atoms with E-state index in [1.54, 1.807) is 0 Å². The third kappa shape index (κ3) is 9.15. The van der Waals surface area contributed by atoms with Gasteiger partial charge in [-0.15, -0.1) is 23.7 Å². The molecule has 1 aromatic heterocycles. The number of thiazole rings is 1. The number of amides is 1. The van der Waals surface area contributed by atoms with Crippen molar-refractivity contribution in [3.05, 3.63) is 102 Å². The zero-order chi connectivity index (χ0) is 25.9. The van der Waals surface area contributed by atoms with Crippen molar-refractivity contribution in [1.82, 2.24) is 10.3 Å². The molecule has 4 aromatic rings. The van der Waals surface area contributed by atoms with E-state index in [0.29, 0.717) is 6.54 Å². The number of aliphatic hydroxyl groups excluding tert-OH is 1. The van der Waals surface area contributed by atoms with Gasteiger partial charge in [0.25, 0.3) is 0 Å². The third-order valence-electron chi connectivity index (χ3n) is 5.71. The van der Waals surface area contributed by atoms with Crippen LogP contribution in [0.4, 0.5) is 16.5 Å². The minimum Gasteiger partial charge on any atom is -0.491 e. The molecular formula is C29H33ClN4O3S. The van der Waals surface area contributed by atoms with Crippen LogP contribution >= 0.6 is 23.7 Å². The number of rotatable bonds is 13. The van der Waals surface area contributed by atoms with Crippen LogP contribution in [0.3, 0.4) is 0 Å². The zero-order valence-electron chi connectivity index (χ0n) is 21.2. The van der Waals surface area contributed by atoms with Gasteiger partial charge < -0.3 is 25.4 Å². The van der Waals surface area contributed by atoms with E-state index in [9.17, 15) is 9.90 Å². The summed E-state index contributed by atoms with van der Waals surface area (Å²) in [5.41, 5.74) is 3.70. The average molecular weight is 553 g/mol. The highest BCUT2D eigenvalue weighted by molar-refractivity contribution is 7.13. The Morgan fingerprint density at radius 3 is 2.42 bits per heavy atom. The molecule has 0 bridgehead atoms. The van der Waals surface area contributed by atoms with Crippen LogP contribution in [-0.4, -0.2) is 48.8 Å². The smallest absolute Gasteiger partial charge is 0.230 e. The molecule has 0 unspecified atom stereocenters. The van der Waals surface area contributed by atoms with Gasteiger partial charge in [-0.25, -0.2) is 4.98 Å². The number of aliphatic hydroxyl groups is 1. The molecule has 3 aromatic carbocycles. The molecule has 0 saturated carbocycles. The van der Waals surface area contributed by atoms with Crippen LogP contribution in [0.5, 0.6) is 5.75 Å². The van der Waals surface area contributed by atoms with Crippen molar-refractivity contribution >= 4 is 46.2 Å². The monoisotopic (exact) mass is 552 g/mol. The summed E-state index contributed by atoms with van der Waals surface area (Å²) in [7, 11) is 1.97. The first-order valence-electron chi connectivity index (χ1n) is 12.3. The lowest BCUT2D eigenvalue weighted by Crippen LogP contribution is -2.32. The Morgan fingerprint density at radius 2 is 1.71 bits per heavy atom. The molecule has 0 aliphatic rings. The summed E-state index contributed by atoms with van der Waals surface area (Å²) in [5, 5.41) is 19.1. The fourth-order valence-corrected chi connectivity index (χ4v) is 4.50. The molecule has 38 heavy (non-hydrogen) atoms. The number of para-hydroxylation sites is 2. The standard InChI is InChI=1S/C29H32N4O3S.ClH/c1-33(25-8-4-2-5-9-25)29-32-24(21-37-29)18-28(35)31-23-14-12-22(13-15-23)16-17-30-19-26(34)20-36-27-10-6-3-7-11-27;/h2-15,21,26,30,34H,16-20H2,1H3,(H,31,35);1H/t26-;/m0./s1. The maximum Gasteiger partial charge on any atom is 0.230 e. The number of carbonyl (C=O) groups excluding carboxylic acids is 1.